The fourth-order valence-corrected chi connectivity index (χ4v) is 2.68. The van der Waals surface area contributed by atoms with Crippen molar-refractivity contribution in [2.75, 3.05) is 26.7 Å². The van der Waals surface area contributed by atoms with Crippen LogP contribution in [-0.4, -0.2) is 31.2 Å². The van der Waals surface area contributed by atoms with Crippen LogP contribution in [0.2, 0.25) is 0 Å². The summed E-state index contributed by atoms with van der Waals surface area (Å²) in [4.78, 5) is 0. The lowest BCUT2D eigenvalue weighted by Gasteiger charge is -2.32. The van der Waals surface area contributed by atoms with Crippen molar-refractivity contribution in [2.45, 2.75) is 46.0 Å². The number of quaternary nitrogens is 1. The number of unbranched alkanes of at least 4 members (excludes halogenated alkanes) is 1. The summed E-state index contributed by atoms with van der Waals surface area (Å²) in [6.45, 7) is 8.99. The number of likely N-dealkylation sites (tertiary alicyclic amines) is 1. The van der Waals surface area contributed by atoms with E-state index >= 15 is 0 Å². The second-order valence-corrected chi connectivity index (χ2v) is 5.20. The van der Waals surface area contributed by atoms with Gasteiger partial charge in [0, 0.05) is 18.8 Å². The second kappa shape index (κ2) is 4.99. The molecule has 13 heavy (non-hydrogen) atoms. The zero-order valence-corrected chi connectivity index (χ0v) is 9.68. The Morgan fingerprint density at radius 2 is 1.85 bits per heavy atom. The van der Waals surface area contributed by atoms with E-state index in [0.717, 1.165) is 5.92 Å². The van der Waals surface area contributed by atoms with Crippen molar-refractivity contribution < 1.29 is 4.48 Å². The van der Waals surface area contributed by atoms with Crippen LogP contribution in [0.25, 0.3) is 0 Å². The molecule has 78 valence electrons. The van der Waals surface area contributed by atoms with Crippen molar-refractivity contribution in [1.82, 2.24) is 0 Å². The fraction of sp³-hybridized carbons (Fsp3) is 1.00. The first-order valence-corrected chi connectivity index (χ1v) is 6.00. The van der Waals surface area contributed by atoms with Gasteiger partial charge in [-0.3, -0.25) is 0 Å². The van der Waals surface area contributed by atoms with Gasteiger partial charge in [0.2, 0.25) is 0 Å². The topological polar surface area (TPSA) is 0 Å². The first kappa shape index (κ1) is 11.0. The third kappa shape index (κ3) is 3.68. The molecule has 0 aromatic heterocycles. The van der Waals surface area contributed by atoms with Crippen molar-refractivity contribution in [3.8, 4) is 0 Å². The number of nitrogens with zero attached hydrogens (tertiary/aromatic N) is 1. The predicted molar refractivity (Wildman–Crippen MR) is 58.7 cm³/mol. The van der Waals surface area contributed by atoms with Gasteiger partial charge < -0.3 is 4.48 Å². The zero-order valence-electron chi connectivity index (χ0n) is 9.68. The molecule has 0 saturated carbocycles. The Hall–Kier alpha value is -0.0400. The average molecular weight is 184 g/mol. The van der Waals surface area contributed by atoms with Gasteiger partial charge in [-0.05, 0) is 6.42 Å². The summed E-state index contributed by atoms with van der Waals surface area (Å²) in [5, 5.41) is 0. The molecule has 0 radical (unpaired) electrons. The molecule has 1 nitrogen and oxygen atoms in total. The van der Waals surface area contributed by atoms with E-state index in [9.17, 15) is 0 Å². The fourth-order valence-electron chi connectivity index (χ4n) is 2.68. The first-order chi connectivity index (χ1) is 6.16. The minimum atomic E-state index is 0.933. The van der Waals surface area contributed by atoms with Crippen molar-refractivity contribution >= 4 is 0 Å². The molecule has 0 aliphatic carbocycles. The van der Waals surface area contributed by atoms with Crippen molar-refractivity contribution in [2.24, 2.45) is 5.92 Å². The van der Waals surface area contributed by atoms with Gasteiger partial charge in [0.15, 0.2) is 0 Å². The Balaban J connectivity index is 2.21. The number of hydrogen-bond acceptors (Lipinski definition) is 0. The molecular formula is C12H26N+. The SMILES string of the molecule is CCCCC(C)C[N+]1(C)CCCC1. The quantitative estimate of drug-likeness (QED) is 0.576. The van der Waals surface area contributed by atoms with Crippen molar-refractivity contribution in [3.05, 3.63) is 0 Å². The van der Waals surface area contributed by atoms with Gasteiger partial charge in [0.25, 0.3) is 0 Å². The minimum absolute atomic E-state index is 0.933. The summed E-state index contributed by atoms with van der Waals surface area (Å²) >= 11 is 0. The Bertz CT molecular complexity index is 136. The van der Waals surface area contributed by atoms with Gasteiger partial charge in [-0.15, -0.1) is 0 Å². The number of rotatable bonds is 5. The van der Waals surface area contributed by atoms with E-state index in [1.807, 2.05) is 0 Å². The molecule has 1 aliphatic rings. The molecule has 0 aromatic rings. The highest BCUT2D eigenvalue weighted by Gasteiger charge is 2.28. The van der Waals surface area contributed by atoms with Gasteiger partial charge in [-0.1, -0.05) is 26.7 Å². The molecule has 0 amide bonds. The van der Waals surface area contributed by atoms with E-state index in [4.69, 9.17) is 0 Å². The third-order valence-corrected chi connectivity index (χ3v) is 3.45. The molecule has 1 saturated heterocycles. The molecule has 1 aliphatic heterocycles. The maximum atomic E-state index is 2.44. The standard InChI is InChI=1S/C12H26N/c1-4-5-8-12(2)11-13(3)9-6-7-10-13/h12H,4-11H2,1-3H3/q+1. The molecule has 1 rings (SSSR count). The van der Waals surface area contributed by atoms with Crippen LogP contribution in [0.1, 0.15) is 46.0 Å². The maximum Gasteiger partial charge on any atom is 0.0810 e. The van der Waals surface area contributed by atoms with E-state index in [2.05, 4.69) is 20.9 Å². The lowest BCUT2D eigenvalue weighted by molar-refractivity contribution is -0.900. The molecule has 1 heteroatoms. The molecule has 0 aromatic carbocycles. The molecule has 1 atom stereocenters. The van der Waals surface area contributed by atoms with E-state index < -0.39 is 0 Å². The first-order valence-electron chi connectivity index (χ1n) is 6.00. The summed E-state index contributed by atoms with van der Waals surface area (Å²) in [6, 6.07) is 0. The average Bonchev–Trinajstić information content (AvgIpc) is 2.48. The molecular weight excluding hydrogens is 158 g/mol. The van der Waals surface area contributed by atoms with E-state index in [-0.39, 0.29) is 0 Å². The summed E-state index contributed by atoms with van der Waals surface area (Å²) in [5.41, 5.74) is 0. The van der Waals surface area contributed by atoms with Crippen LogP contribution in [0.15, 0.2) is 0 Å². The van der Waals surface area contributed by atoms with E-state index in [1.165, 1.54) is 56.2 Å². The van der Waals surface area contributed by atoms with Crippen LogP contribution in [0.3, 0.4) is 0 Å². The van der Waals surface area contributed by atoms with E-state index in [0.29, 0.717) is 0 Å². The van der Waals surface area contributed by atoms with Crippen LogP contribution in [0.5, 0.6) is 0 Å². The smallest absolute Gasteiger partial charge is 0.0810 e. The van der Waals surface area contributed by atoms with Gasteiger partial charge in [-0.25, -0.2) is 0 Å². The largest absolute Gasteiger partial charge is 0.326 e. The molecule has 1 unspecified atom stereocenters. The molecule has 0 spiro atoms. The second-order valence-electron chi connectivity index (χ2n) is 5.20. The zero-order chi connectivity index (χ0) is 9.73. The summed E-state index contributed by atoms with van der Waals surface area (Å²) in [7, 11) is 2.44. The van der Waals surface area contributed by atoms with Gasteiger partial charge in [0.1, 0.15) is 0 Å². The lowest BCUT2D eigenvalue weighted by Crippen LogP contribution is -2.44. The Morgan fingerprint density at radius 3 is 2.38 bits per heavy atom. The van der Waals surface area contributed by atoms with E-state index in [1.54, 1.807) is 0 Å². The Kier molecular flexibility index (Phi) is 4.24. The molecule has 0 bridgehead atoms. The lowest BCUT2D eigenvalue weighted by atomic mass is 10.0. The Labute approximate surface area is 83.7 Å². The molecule has 0 N–H and O–H groups in total. The van der Waals surface area contributed by atoms with Crippen LogP contribution in [0, 0.1) is 5.92 Å². The highest BCUT2D eigenvalue weighted by Crippen LogP contribution is 2.20. The Morgan fingerprint density at radius 1 is 1.23 bits per heavy atom. The minimum Gasteiger partial charge on any atom is -0.326 e. The maximum absolute atomic E-state index is 2.44. The molecule has 1 heterocycles. The molecule has 1 fully saturated rings. The van der Waals surface area contributed by atoms with Gasteiger partial charge in [-0.2, -0.15) is 0 Å². The monoisotopic (exact) mass is 184 g/mol. The van der Waals surface area contributed by atoms with Crippen LogP contribution >= 0.6 is 0 Å². The van der Waals surface area contributed by atoms with Crippen LogP contribution < -0.4 is 0 Å². The highest BCUT2D eigenvalue weighted by molar-refractivity contribution is 4.57. The summed E-state index contributed by atoms with van der Waals surface area (Å²) in [6.07, 6.45) is 7.12. The van der Waals surface area contributed by atoms with Crippen molar-refractivity contribution in [1.29, 1.82) is 0 Å². The van der Waals surface area contributed by atoms with Crippen LogP contribution in [-0.2, 0) is 0 Å². The normalized spacial score (nSPS) is 23.3. The van der Waals surface area contributed by atoms with Gasteiger partial charge in [0.05, 0.1) is 26.7 Å². The summed E-state index contributed by atoms with van der Waals surface area (Å²) in [5.74, 6) is 0.933. The van der Waals surface area contributed by atoms with Crippen LogP contribution in [0.4, 0.5) is 0 Å². The highest BCUT2D eigenvalue weighted by atomic mass is 15.3. The number of hydrogen-bond donors (Lipinski definition) is 0. The summed E-state index contributed by atoms with van der Waals surface area (Å²) < 4.78 is 1.35. The van der Waals surface area contributed by atoms with Crippen molar-refractivity contribution in [3.63, 3.8) is 0 Å². The predicted octanol–water partition coefficient (Wildman–Crippen LogP) is 3.05. The third-order valence-electron chi connectivity index (χ3n) is 3.45. The van der Waals surface area contributed by atoms with Gasteiger partial charge >= 0.3 is 0 Å².